The first-order valence-corrected chi connectivity index (χ1v) is 5.97. The van der Waals surface area contributed by atoms with E-state index in [1.54, 1.807) is 0 Å². The number of halogens is 1. The first kappa shape index (κ1) is 16.7. The van der Waals surface area contributed by atoms with E-state index in [4.69, 9.17) is 26.0 Å². The van der Waals surface area contributed by atoms with Crippen molar-refractivity contribution in [2.75, 3.05) is 14.2 Å². The van der Waals surface area contributed by atoms with E-state index in [0.29, 0.717) is 0 Å². The summed E-state index contributed by atoms with van der Waals surface area (Å²) in [5, 5.41) is 8.87. The van der Waals surface area contributed by atoms with E-state index < -0.39 is 23.7 Å². The Morgan fingerprint density at radius 1 is 1.29 bits per heavy atom. The van der Waals surface area contributed by atoms with Gasteiger partial charge in [0.25, 0.3) is 5.91 Å². The molecule has 0 fully saturated rings. The average molecular weight is 300 g/mol. The molecular formula is C13H17FN2O5. The van der Waals surface area contributed by atoms with Crippen molar-refractivity contribution in [3.05, 3.63) is 22.5 Å². The van der Waals surface area contributed by atoms with Crippen LogP contribution in [0, 0.1) is 12.7 Å². The van der Waals surface area contributed by atoms with Gasteiger partial charge in [-0.2, -0.15) is 4.39 Å². The van der Waals surface area contributed by atoms with E-state index in [2.05, 4.69) is 0 Å². The van der Waals surface area contributed by atoms with Crippen molar-refractivity contribution in [1.82, 2.24) is 0 Å². The minimum Gasteiger partial charge on any atom is -0.493 e. The van der Waals surface area contributed by atoms with Crippen molar-refractivity contribution in [2.45, 2.75) is 19.4 Å². The Morgan fingerprint density at radius 2 is 1.81 bits per heavy atom. The maximum Gasteiger partial charge on any atom is 0.320 e. The standard InChI is InChI=1S/C13H17FN2O5/c1-5-6(4-7(15)13(18)19)10(20-2)9(14)11(21-3)8(5)12(16)17/h7H,4,15H2,1-3H3,(H2,16,17)(H,18,19). The summed E-state index contributed by atoms with van der Waals surface area (Å²) in [5.41, 5.74) is 11.0. The Balaban J connectivity index is 3.62. The number of benzene rings is 1. The van der Waals surface area contributed by atoms with Gasteiger partial charge in [-0.05, 0) is 12.5 Å². The first-order valence-electron chi connectivity index (χ1n) is 5.97. The second-order valence-electron chi connectivity index (χ2n) is 4.37. The van der Waals surface area contributed by atoms with Gasteiger partial charge in [-0.3, -0.25) is 9.59 Å². The molecule has 0 aliphatic rings. The maximum atomic E-state index is 14.3. The quantitative estimate of drug-likeness (QED) is 0.689. The number of aliphatic carboxylic acids is 1. The Kier molecular flexibility index (Phi) is 5.09. The highest BCUT2D eigenvalue weighted by molar-refractivity contribution is 5.98. The summed E-state index contributed by atoms with van der Waals surface area (Å²) >= 11 is 0. The molecule has 0 radical (unpaired) electrons. The number of hydrogen-bond acceptors (Lipinski definition) is 5. The van der Waals surface area contributed by atoms with Gasteiger partial charge in [0.2, 0.25) is 5.82 Å². The van der Waals surface area contributed by atoms with Gasteiger partial charge in [-0.15, -0.1) is 0 Å². The molecule has 1 amide bonds. The van der Waals surface area contributed by atoms with E-state index in [9.17, 15) is 14.0 Å². The lowest BCUT2D eigenvalue weighted by molar-refractivity contribution is -0.138. The van der Waals surface area contributed by atoms with Gasteiger partial charge in [0.1, 0.15) is 6.04 Å². The lowest BCUT2D eigenvalue weighted by atomic mass is 9.94. The summed E-state index contributed by atoms with van der Waals surface area (Å²) in [6, 6.07) is -1.27. The Bertz CT molecular complexity index is 589. The number of amides is 1. The number of hydrogen-bond donors (Lipinski definition) is 3. The normalized spacial score (nSPS) is 11.9. The molecule has 0 saturated carbocycles. The third kappa shape index (κ3) is 3.05. The fraction of sp³-hybridized carbons (Fsp3) is 0.385. The lowest BCUT2D eigenvalue weighted by Crippen LogP contribution is -2.33. The number of ether oxygens (including phenoxy) is 2. The second-order valence-corrected chi connectivity index (χ2v) is 4.37. The van der Waals surface area contributed by atoms with Crippen molar-refractivity contribution >= 4 is 11.9 Å². The van der Waals surface area contributed by atoms with Crippen molar-refractivity contribution in [1.29, 1.82) is 0 Å². The van der Waals surface area contributed by atoms with Crippen LogP contribution in [0.25, 0.3) is 0 Å². The highest BCUT2D eigenvalue weighted by atomic mass is 19.1. The average Bonchev–Trinajstić information content (AvgIpc) is 2.41. The van der Waals surface area contributed by atoms with Gasteiger partial charge in [0.15, 0.2) is 11.5 Å². The van der Waals surface area contributed by atoms with Crippen LogP contribution in [0.15, 0.2) is 0 Å². The van der Waals surface area contributed by atoms with Gasteiger partial charge in [0, 0.05) is 12.0 Å². The third-order valence-corrected chi connectivity index (χ3v) is 3.12. The molecule has 116 valence electrons. The Hall–Kier alpha value is -2.35. The van der Waals surface area contributed by atoms with Crippen LogP contribution in [0.5, 0.6) is 11.5 Å². The molecule has 1 unspecified atom stereocenters. The van der Waals surface area contributed by atoms with E-state index in [1.807, 2.05) is 0 Å². The van der Waals surface area contributed by atoms with Crippen LogP contribution in [-0.2, 0) is 11.2 Å². The van der Waals surface area contributed by atoms with Gasteiger partial charge < -0.3 is 26.0 Å². The largest absolute Gasteiger partial charge is 0.493 e. The summed E-state index contributed by atoms with van der Waals surface area (Å²) in [4.78, 5) is 22.4. The number of methoxy groups -OCH3 is 2. The maximum absolute atomic E-state index is 14.3. The zero-order chi connectivity index (χ0) is 16.3. The smallest absolute Gasteiger partial charge is 0.320 e. The van der Waals surface area contributed by atoms with Crippen LogP contribution in [0.3, 0.4) is 0 Å². The molecule has 0 bridgehead atoms. The minimum atomic E-state index is -1.27. The van der Waals surface area contributed by atoms with Crippen molar-refractivity contribution in [3.63, 3.8) is 0 Å². The fourth-order valence-corrected chi connectivity index (χ4v) is 2.09. The molecule has 0 heterocycles. The van der Waals surface area contributed by atoms with Crippen LogP contribution in [0.4, 0.5) is 4.39 Å². The Morgan fingerprint density at radius 3 is 2.19 bits per heavy atom. The van der Waals surface area contributed by atoms with Gasteiger partial charge in [-0.25, -0.2) is 0 Å². The number of carbonyl (C=O) groups excluding carboxylic acids is 1. The highest BCUT2D eigenvalue weighted by Gasteiger charge is 2.28. The molecule has 0 aliphatic heterocycles. The molecule has 5 N–H and O–H groups in total. The van der Waals surface area contributed by atoms with Crippen molar-refractivity contribution in [3.8, 4) is 11.5 Å². The number of nitrogens with two attached hydrogens (primary N) is 2. The van der Waals surface area contributed by atoms with Crippen LogP contribution >= 0.6 is 0 Å². The molecule has 7 nitrogen and oxygen atoms in total. The van der Waals surface area contributed by atoms with E-state index >= 15 is 0 Å². The highest BCUT2D eigenvalue weighted by Crippen LogP contribution is 2.37. The SMILES string of the molecule is COc1c(F)c(OC)c(C(N)=O)c(C)c1CC(N)C(=O)O. The number of carboxylic acids is 1. The molecular weight excluding hydrogens is 283 g/mol. The minimum absolute atomic E-state index is 0.164. The summed E-state index contributed by atoms with van der Waals surface area (Å²) in [7, 11) is 2.41. The van der Waals surface area contributed by atoms with Crippen LogP contribution < -0.4 is 20.9 Å². The summed E-state index contributed by atoms with van der Waals surface area (Å²) < 4.78 is 24.2. The first-order chi connectivity index (χ1) is 9.76. The predicted octanol–water partition coefficient (Wildman–Crippen LogP) is 0.205. The summed E-state index contributed by atoms with van der Waals surface area (Å²) in [6.45, 7) is 1.49. The van der Waals surface area contributed by atoms with E-state index in [1.165, 1.54) is 21.1 Å². The number of carbonyl (C=O) groups is 2. The molecule has 0 spiro atoms. The molecule has 0 aromatic heterocycles. The van der Waals surface area contributed by atoms with Gasteiger partial charge in [-0.1, -0.05) is 0 Å². The zero-order valence-corrected chi connectivity index (χ0v) is 11.9. The monoisotopic (exact) mass is 300 g/mol. The molecule has 21 heavy (non-hydrogen) atoms. The number of rotatable bonds is 6. The molecule has 0 saturated heterocycles. The molecule has 1 aromatic carbocycles. The van der Waals surface area contributed by atoms with Crippen molar-refractivity contribution in [2.24, 2.45) is 11.5 Å². The summed E-state index contributed by atoms with van der Waals surface area (Å²) in [5.74, 6) is -3.63. The molecule has 1 rings (SSSR count). The number of carboxylic acid groups (broad SMARTS) is 1. The van der Waals surface area contributed by atoms with Crippen LogP contribution in [0.2, 0.25) is 0 Å². The summed E-state index contributed by atoms with van der Waals surface area (Å²) in [6.07, 6.45) is -0.217. The van der Waals surface area contributed by atoms with E-state index in [-0.39, 0.29) is 34.6 Å². The van der Waals surface area contributed by atoms with E-state index in [0.717, 1.165) is 0 Å². The second kappa shape index (κ2) is 6.40. The van der Waals surface area contributed by atoms with Gasteiger partial charge in [0.05, 0.1) is 19.8 Å². The fourth-order valence-electron chi connectivity index (χ4n) is 2.09. The zero-order valence-electron chi connectivity index (χ0n) is 11.9. The molecule has 8 heteroatoms. The van der Waals surface area contributed by atoms with Crippen molar-refractivity contribution < 1.29 is 28.6 Å². The van der Waals surface area contributed by atoms with Crippen LogP contribution in [0.1, 0.15) is 21.5 Å². The van der Waals surface area contributed by atoms with Gasteiger partial charge >= 0.3 is 5.97 Å². The molecule has 1 atom stereocenters. The number of primary amides is 1. The third-order valence-electron chi connectivity index (χ3n) is 3.12. The lowest BCUT2D eigenvalue weighted by Gasteiger charge is -2.19. The Labute approximate surface area is 120 Å². The molecule has 0 aliphatic carbocycles. The predicted molar refractivity (Wildman–Crippen MR) is 72.1 cm³/mol. The van der Waals surface area contributed by atoms with Crippen LogP contribution in [-0.4, -0.2) is 37.2 Å². The molecule has 1 aromatic rings. The topological polar surface area (TPSA) is 125 Å².